The Balaban J connectivity index is 1.60. The Morgan fingerprint density at radius 1 is 1.39 bits per heavy atom. The summed E-state index contributed by atoms with van der Waals surface area (Å²) in [4.78, 5) is 24.6. The molecule has 0 saturated carbocycles. The number of aliphatic hydroxyl groups is 1. The number of fused-ring (bicyclic) bond motifs is 1. The number of carbonyl (C=O) groups is 1. The molecule has 2 aromatic heterocycles. The van der Waals surface area contributed by atoms with E-state index < -0.39 is 56.0 Å². The molecule has 0 amide bonds. The summed E-state index contributed by atoms with van der Waals surface area (Å²) in [5.41, 5.74) is 4.67. The molecule has 4 N–H and O–H groups in total. The predicted octanol–water partition coefficient (Wildman–Crippen LogP) is 2.09. The Bertz CT molecular complexity index is 1500. The number of carbonyl (C=O) groups excluding carboxylic acids is 1. The van der Waals surface area contributed by atoms with Crippen molar-refractivity contribution in [3.8, 4) is 17.7 Å². The molecule has 17 heteroatoms. The van der Waals surface area contributed by atoms with E-state index in [1.807, 2.05) is 0 Å². The minimum absolute atomic E-state index is 0.0259. The van der Waals surface area contributed by atoms with E-state index in [0.717, 1.165) is 12.1 Å². The third-order valence-corrected chi connectivity index (χ3v) is 7.96. The van der Waals surface area contributed by atoms with Gasteiger partial charge in [-0.15, -0.1) is 0 Å². The molecule has 4 rings (SSSR count). The number of nitrogens with zero attached hydrogens (tertiary/aromatic N) is 5. The molecule has 15 nitrogen and oxygen atoms in total. The Kier molecular flexibility index (Phi) is 8.76. The van der Waals surface area contributed by atoms with Crippen molar-refractivity contribution in [3.05, 3.63) is 36.4 Å². The molecule has 0 bridgehead atoms. The summed E-state index contributed by atoms with van der Waals surface area (Å²) in [5.74, 6) is -1.32. The molecule has 1 aromatic carbocycles. The summed E-state index contributed by atoms with van der Waals surface area (Å²) >= 11 is 0. The maximum absolute atomic E-state index is 13.8. The van der Waals surface area contributed by atoms with Crippen molar-refractivity contribution in [2.75, 3.05) is 26.1 Å². The zero-order valence-corrected chi connectivity index (χ0v) is 23.4. The van der Waals surface area contributed by atoms with Crippen LogP contribution >= 0.6 is 7.75 Å². The summed E-state index contributed by atoms with van der Waals surface area (Å²) in [6.07, 6.45) is -2.49. The van der Waals surface area contributed by atoms with E-state index in [0.29, 0.717) is 0 Å². The molecule has 3 heterocycles. The van der Waals surface area contributed by atoms with Gasteiger partial charge in [0, 0.05) is 0 Å². The lowest BCUT2D eigenvalue weighted by atomic mass is 9.84. The highest BCUT2D eigenvalue weighted by Gasteiger charge is 2.55. The maximum atomic E-state index is 13.8. The van der Waals surface area contributed by atoms with E-state index in [-0.39, 0.29) is 35.3 Å². The molecular formula is C24H29FN7O8P. The van der Waals surface area contributed by atoms with Gasteiger partial charge < -0.3 is 29.6 Å². The number of hydrogen-bond acceptors (Lipinski definition) is 13. The van der Waals surface area contributed by atoms with E-state index in [4.69, 9.17) is 29.0 Å². The molecule has 1 saturated heterocycles. The second-order valence-corrected chi connectivity index (χ2v) is 10.9. The number of nitrogens with one attached hydrogen (secondary N) is 1. The number of imidazole rings is 1. The normalized spacial score (nSPS) is 24.4. The number of rotatable bonds is 11. The molecule has 1 fully saturated rings. The average Bonchev–Trinajstić information content (AvgIpc) is 3.46. The smallest absolute Gasteiger partial charge is 0.459 e. The summed E-state index contributed by atoms with van der Waals surface area (Å²) in [5, 5.41) is 23.7. The van der Waals surface area contributed by atoms with E-state index in [9.17, 15) is 24.1 Å². The van der Waals surface area contributed by atoms with Crippen LogP contribution in [0.4, 0.5) is 10.3 Å². The SMILES string of the molecule is CCOC(=O)[C@H](C)NP(=O)(OC[C@H]1O[C@@H](n2cnc3c(OC)nc(N)nc32)[C@](C)(C#N)[C@@H]1O)Oc1ccc(F)cc1. The lowest BCUT2D eigenvalue weighted by molar-refractivity contribution is -0.144. The molecule has 220 valence electrons. The number of esters is 1. The van der Waals surface area contributed by atoms with Crippen LogP contribution in [0.2, 0.25) is 0 Å². The van der Waals surface area contributed by atoms with Gasteiger partial charge in [0.15, 0.2) is 17.4 Å². The molecule has 1 aliphatic heterocycles. The lowest BCUT2D eigenvalue weighted by Crippen LogP contribution is -2.39. The fourth-order valence-corrected chi connectivity index (χ4v) is 5.70. The minimum Gasteiger partial charge on any atom is -0.479 e. The standard InChI is InChI=1S/C24H29FN7O8P/c1-5-37-21(34)13(2)31-41(35,40-15-8-6-14(25)7-9-15)38-10-16-18(33)24(3,11-26)22(39-16)32-12-28-17-19(32)29-23(27)30-20(17)36-4/h6-9,12-13,16,18,22,33H,5,10H2,1-4H3,(H,31,35)(H2,27,29,30)/t13-,16+,18+,22+,24+,41?/m0/s1. The summed E-state index contributed by atoms with van der Waals surface area (Å²) < 4.78 is 55.9. The van der Waals surface area contributed by atoms with Gasteiger partial charge in [-0.05, 0) is 45.0 Å². The van der Waals surface area contributed by atoms with Crippen LogP contribution in [-0.4, -0.2) is 69.2 Å². The molecule has 0 radical (unpaired) electrons. The molecule has 1 aliphatic rings. The molecule has 3 aromatic rings. The zero-order valence-electron chi connectivity index (χ0n) is 22.6. The van der Waals surface area contributed by atoms with E-state index in [1.165, 1.54) is 44.0 Å². The number of halogens is 1. The van der Waals surface area contributed by atoms with Crippen LogP contribution in [-0.2, 0) is 23.4 Å². The number of nitriles is 1. The summed E-state index contributed by atoms with van der Waals surface area (Å²) in [6.45, 7) is 3.99. The fourth-order valence-electron chi connectivity index (χ4n) is 4.19. The van der Waals surface area contributed by atoms with Crippen LogP contribution in [0.1, 0.15) is 27.0 Å². The van der Waals surface area contributed by atoms with Crippen molar-refractivity contribution in [3.63, 3.8) is 0 Å². The number of benzene rings is 1. The molecule has 6 atom stereocenters. The van der Waals surface area contributed by atoms with Crippen LogP contribution in [0.3, 0.4) is 0 Å². The van der Waals surface area contributed by atoms with Gasteiger partial charge in [0.25, 0.3) is 0 Å². The van der Waals surface area contributed by atoms with Gasteiger partial charge in [0.1, 0.15) is 35.2 Å². The van der Waals surface area contributed by atoms with Crippen LogP contribution in [0.25, 0.3) is 11.2 Å². The minimum atomic E-state index is -4.38. The van der Waals surface area contributed by atoms with Crippen LogP contribution in [0.5, 0.6) is 11.6 Å². The van der Waals surface area contributed by atoms with E-state index in [2.05, 4.69) is 26.1 Å². The van der Waals surface area contributed by atoms with Crippen LogP contribution in [0.15, 0.2) is 30.6 Å². The van der Waals surface area contributed by atoms with Gasteiger partial charge in [0.2, 0.25) is 11.8 Å². The molecule has 0 spiro atoms. The van der Waals surface area contributed by atoms with Crippen LogP contribution < -0.4 is 20.1 Å². The van der Waals surface area contributed by atoms with Crippen molar-refractivity contribution < 1.29 is 42.1 Å². The number of aromatic nitrogens is 4. The van der Waals surface area contributed by atoms with Gasteiger partial charge >= 0.3 is 13.7 Å². The predicted molar refractivity (Wildman–Crippen MR) is 140 cm³/mol. The number of ether oxygens (including phenoxy) is 3. The van der Waals surface area contributed by atoms with Gasteiger partial charge in [-0.3, -0.25) is 13.9 Å². The van der Waals surface area contributed by atoms with Crippen LogP contribution in [0, 0.1) is 22.6 Å². The second kappa shape index (κ2) is 11.9. The Morgan fingerprint density at radius 2 is 2.10 bits per heavy atom. The summed E-state index contributed by atoms with van der Waals surface area (Å²) in [7, 11) is -2.99. The lowest BCUT2D eigenvalue weighted by Gasteiger charge is -2.26. The topological polar surface area (TPSA) is 206 Å². The van der Waals surface area contributed by atoms with E-state index in [1.54, 1.807) is 6.92 Å². The largest absolute Gasteiger partial charge is 0.479 e. The number of methoxy groups -OCH3 is 1. The monoisotopic (exact) mass is 593 g/mol. The Labute approximate surface area is 233 Å². The second-order valence-electron chi connectivity index (χ2n) is 9.22. The van der Waals surface area contributed by atoms with Crippen molar-refractivity contribution in [2.45, 2.75) is 45.2 Å². The number of anilines is 1. The van der Waals surface area contributed by atoms with Gasteiger partial charge in [0.05, 0.1) is 32.7 Å². The van der Waals surface area contributed by atoms with Gasteiger partial charge in [-0.25, -0.2) is 13.9 Å². The molecule has 0 aliphatic carbocycles. The number of nitrogens with two attached hydrogens (primary N) is 1. The number of aliphatic hydroxyl groups excluding tert-OH is 1. The fraction of sp³-hybridized carbons (Fsp3) is 0.458. The van der Waals surface area contributed by atoms with Gasteiger partial charge in [-0.2, -0.15) is 20.3 Å². The van der Waals surface area contributed by atoms with Crippen molar-refractivity contribution in [1.82, 2.24) is 24.6 Å². The van der Waals surface area contributed by atoms with E-state index >= 15 is 0 Å². The zero-order chi connectivity index (χ0) is 29.9. The van der Waals surface area contributed by atoms with Crippen molar-refractivity contribution in [2.24, 2.45) is 5.41 Å². The first-order valence-electron chi connectivity index (χ1n) is 12.4. The highest BCUT2D eigenvalue weighted by molar-refractivity contribution is 7.52. The summed E-state index contributed by atoms with van der Waals surface area (Å²) in [6, 6.07) is 5.55. The third kappa shape index (κ3) is 6.09. The molecule has 41 heavy (non-hydrogen) atoms. The first-order valence-corrected chi connectivity index (χ1v) is 13.9. The average molecular weight is 594 g/mol. The highest BCUT2D eigenvalue weighted by atomic mass is 31.2. The first-order chi connectivity index (χ1) is 19.4. The first kappa shape index (κ1) is 30.1. The maximum Gasteiger partial charge on any atom is 0.459 e. The van der Waals surface area contributed by atoms with Crippen molar-refractivity contribution in [1.29, 1.82) is 5.26 Å². The molecule has 1 unspecified atom stereocenters. The third-order valence-electron chi connectivity index (χ3n) is 6.32. The number of nitrogen functional groups attached to an aromatic ring is 1. The Morgan fingerprint density at radius 3 is 2.73 bits per heavy atom. The molecular weight excluding hydrogens is 564 g/mol. The van der Waals surface area contributed by atoms with Gasteiger partial charge in [-0.1, -0.05) is 0 Å². The number of hydrogen-bond donors (Lipinski definition) is 3. The Hall–Kier alpha value is -3.87. The highest BCUT2D eigenvalue weighted by Crippen LogP contribution is 2.49. The van der Waals surface area contributed by atoms with Crippen molar-refractivity contribution >= 4 is 30.8 Å². The quantitative estimate of drug-likeness (QED) is 0.215.